The Hall–Kier alpha value is -18.3. The van der Waals surface area contributed by atoms with E-state index in [4.69, 9.17) is 39.9 Å². The predicted octanol–water partition coefficient (Wildman–Crippen LogP) is 33.1. The molecule has 0 unspecified atom stereocenters. The van der Waals surface area contributed by atoms with E-state index >= 15 is 0 Å². The molecular formula is C133H95N11. The van der Waals surface area contributed by atoms with Crippen LogP contribution < -0.4 is 0 Å². The van der Waals surface area contributed by atoms with Crippen molar-refractivity contribution < 1.29 is 0 Å². The van der Waals surface area contributed by atoms with Crippen molar-refractivity contribution in [1.29, 1.82) is 0 Å². The molecule has 0 fully saturated rings. The summed E-state index contributed by atoms with van der Waals surface area (Å²) in [6.07, 6.45) is 0. The fourth-order valence-electron chi connectivity index (χ4n) is 22.7. The van der Waals surface area contributed by atoms with Gasteiger partial charge in [0.05, 0.1) is 44.5 Å². The van der Waals surface area contributed by atoms with Crippen LogP contribution in [0.3, 0.4) is 0 Å². The molecule has 11 nitrogen and oxygen atoms in total. The summed E-state index contributed by atoms with van der Waals surface area (Å²) < 4.78 is 6.70. The van der Waals surface area contributed by atoms with Gasteiger partial charge in [-0.1, -0.05) is 460 Å². The summed E-state index contributed by atoms with van der Waals surface area (Å²) in [4.78, 5) is 41.4. The number of para-hydroxylation sites is 3. The summed E-state index contributed by atoms with van der Waals surface area (Å²) in [5.41, 5.74) is 39.3. The van der Waals surface area contributed by atoms with Crippen LogP contribution in [-0.2, 0) is 16.2 Å². The number of benzene rings is 19. The highest BCUT2D eigenvalue weighted by Gasteiger charge is 2.41. The topological polar surface area (TPSA) is 118 Å². The molecule has 0 saturated carbocycles. The van der Waals surface area contributed by atoms with Crippen molar-refractivity contribution in [2.45, 2.75) is 57.8 Å². The number of fused-ring (bicyclic) bond motifs is 21. The van der Waals surface area contributed by atoms with Gasteiger partial charge in [-0.3, -0.25) is 13.7 Å². The molecule has 0 spiro atoms. The van der Waals surface area contributed by atoms with Crippen molar-refractivity contribution in [1.82, 2.24) is 53.6 Å². The largest absolute Gasteiger partial charge is 0.278 e. The molecule has 0 amide bonds. The fourth-order valence-corrected chi connectivity index (χ4v) is 22.7. The summed E-state index contributed by atoms with van der Waals surface area (Å²) in [5, 5.41) is 7.32. The molecule has 19 aromatic carbocycles. The fraction of sp³-hybridized carbons (Fsp3) is 0.0677. The molecule has 0 radical (unpaired) electrons. The van der Waals surface area contributed by atoms with Crippen molar-refractivity contribution >= 4 is 65.4 Å². The monoisotopic (exact) mass is 1850 g/mol. The molecule has 3 aliphatic rings. The average Bonchev–Trinajstić information content (AvgIpc) is 1.55. The molecular weight excluding hydrogens is 1750 g/mol. The standard InChI is InChI=1S/C49H35N3.2C42H30N4/c1-49(2)40-19-11-9-17-38(40)46-41(49)29-30-45-47(46)39-18-10-12-20-44(39)52(45)48-50-42(36-15-7-4-8-16-36)31-43(51-48)37-27-25-35(26-28-37)34-23-21-33(22-24-34)32-13-5-3-6-14-32;1-42(2)33-22-11-9-20-31(33)37-34(42)24-25-36-38(37)32-21-10-12-23-35(32)46(36)41-44-39(28-16-7-4-8-17-28)43-40(45-41)30-19-13-18-29(26-30)27-14-5-3-6-15-27;1-42(2)33-19-11-9-17-31(33)37-34(42)25-26-36-38(37)32-18-10-12-20-35(32)46(36)41-44-39(29-15-7-4-8-16-29)43-40(45-41)30-23-21-28(22-24-30)27-13-5-3-6-14-27/h3-31H,1-2H3;2*3-26H,1-2H3. The number of hydrogen-bond donors (Lipinski definition) is 0. The van der Waals surface area contributed by atoms with Gasteiger partial charge in [0.25, 0.3) is 0 Å². The van der Waals surface area contributed by atoms with Crippen LogP contribution in [-0.4, -0.2) is 53.6 Å². The van der Waals surface area contributed by atoms with E-state index in [0.29, 0.717) is 41.1 Å². The van der Waals surface area contributed by atoms with Gasteiger partial charge in [-0.25, -0.2) is 19.9 Å². The average molecular weight is 1850 g/mol. The Morgan fingerprint density at radius 3 is 0.743 bits per heavy atom. The van der Waals surface area contributed by atoms with Crippen LogP contribution in [0.4, 0.5) is 0 Å². The molecule has 28 rings (SSSR count). The summed E-state index contributed by atoms with van der Waals surface area (Å²) in [6.45, 7) is 14.0. The first-order valence-corrected chi connectivity index (χ1v) is 49.4. The first-order chi connectivity index (χ1) is 70.7. The molecule has 6 heterocycles. The summed E-state index contributed by atoms with van der Waals surface area (Å²) >= 11 is 0. The van der Waals surface area contributed by atoms with Gasteiger partial charge in [-0.05, 0) is 160 Å². The van der Waals surface area contributed by atoms with Crippen LogP contribution >= 0.6 is 0 Å². The van der Waals surface area contributed by atoms with Crippen molar-refractivity contribution in [3.63, 3.8) is 0 Å². The maximum absolute atomic E-state index is 5.34. The third-order valence-corrected chi connectivity index (χ3v) is 29.8. The van der Waals surface area contributed by atoms with E-state index in [9.17, 15) is 0 Å². The Bertz CT molecular complexity index is 9350. The normalized spacial score (nSPS) is 13.1. The lowest BCUT2D eigenvalue weighted by Gasteiger charge is -2.21. The van der Waals surface area contributed by atoms with Crippen molar-refractivity contribution in [3.8, 4) is 164 Å². The quantitative estimate of drug-likeness (QED) is 0.112. The molecule has 0 bridgehead atoms. The highest BCUT2D eigenvalue weighted by atomic mass is 15.2. The molecule has 25 aromatic rings. The van der Waals surface area contributed by atoms with Crippen LogP contribution in [0.25, 0.3) is 229 Å². The van der Waals surface area contributed by atoms with Gasteiger partial charge in [0.2, 0.25) is 17.8 Å². The van der Waals surface area contributed by atoms with Gasteiger partial charge in [-0.2, -0.15) is 19.9 Å². The Kier molecular flexibility index (Phi) is 20.7. The SMILES string of the molecule is CC1(C)c2ccccc2-c2c1ccc1c2c2ccccc2n1-c1nc(-c2ccccc2)cc(-c2ccc(-c3ccc(-c4ccccc4)cc3)cc2)n1.CC1(C)c2ccccc2-c2c1ccc1c2c2ccccc2n1-c1nc(-c2ccccc2)nc(-c2ccc(-c3ccccc3)cc2)n1.CC1(C)c2ccccc2-c2c1ccc1c2c2ccccc2n1-c1nc(-c2ccccc2)nc(-c2cccc(-c3ccccc3)c2)n1. The number of rotatable bonds is 13. The lowest BCUT2D eigenvalue weighted by molar-refractivity contribution is 0.660. The molecule has 3 aliphatic carbocycles. The third kappa shape index (κ3) is 14.5. The molecule has 11 heteroatoms. The van der Waals surface area contributed by atoms with Gasteiger partial charge in [-0.15, -0.1) is 0 Å². The lowest BCUT2D eigenvalue weighted by Crippen LogP contribution is -2.14. The zero-order valence-electron chi connectivity index (χ0n) is 80.4. The van der Waals surface area contributed by atoms with E-state index in [1.165, 1.54) is 127 Å². The van der Waals surface area contributed by atoms with Crippen LogP contribution in [0.2, 0.25) is 0 Å². The van der Waals surface area contributed by atoms with E-state index in [1.54, 1.807) is 0 Å². The second kappa shape index (κ2) is 34.6. The van der Waals surface area contributed by atoms with E-state index in [-0.39, 0.29) is 16.2 Å². The van der Waals surface area contributed by atoms with Crippen molar-refractivity contribution in [2.75, 3.05) is 0 Å². The minimum atomic E-state index is -0.0894. The second-order valence-corrected chi connectivity index (χ2v) is 39.2. The molecule has 682 valence electrons. The minimum absolute atomic E-state index is 0.0870. The Morgan fingerprint density at radius 2 is 0.396 bits per heavy atom. The molecule has 6 aromatic heterocycles. The smallest absolute Gasteiger partial charge is 0.238 e. The highest BCUT2D eigenvalue weighted by molar-refractivity contribution is 6.21. The van der Waals surface area contributed by atoms with Gasteiger partial charge in [0, 0.05) is 81.9 Å². The second-order valence-electron chi connectivity index (χ2n) is 39.2. The van der Waals surface area contributed by atoms with E-state index < -0.39 is 0 Å². The van der Waals surface area contributed by atoms with Crippen molar-refractivity contribution in [3.05, 3.63) is 500 Å². The Morgan fingerprint density at radius 1 is 0.160 bits per heavy atom. The van der Waals surface area contributed by atoms with E-state index in [2.05, 4.69) is 468 Å². The minimum Gasteiger partial charge on any atom is -0.278 e. The van der Waals surface area contributed by atoms with Gasteiger partial charge in [0.15, 0.2) is 23.3 Å². The zero-order chi connectivity index (χ0) is 96.5. The maximum Gasteiger partial charge on any atom is 0.238 e. The van der Waals surface area contributed by atoms with Crippen LogP contribution in [0.15, 0.2) is 467 Å². The first kappa shape index (κ1) is 86.0. The number of hydrogen-bond acceptors (Lipinski definition) is 8. The molecule has 0 saturated heterocycles. The first-order valence-electron chi connectivity index (χ1n) is 49.4. The summed E-state index contributed by atoms with van der Waals surface area (Å²) in [6, 6.07) is 165. The van der Waals surface area contributed by atoms with Crippen molar-refractivity contribution in [2.24, 2.45) is 0 Å². The highest BCUT2D eigenvalue weighted by Crippen LogP contribution is 2.57. The predicted molar refractivity (Wildman–Crippen MR) is 592 cm³/mol. The maximum atomic E-state index is 5.34. The van der Waals surface area contributed by atoms with Crippen LogP contribution in [0, 0.1) is 0 Å². The summed E-state index contributed by atoms with van der Waals surface area (Å²) in [7, 11) is 0. The third-order valence-electron chi connectivity index (χ3n) is 29.8. The van der Waals surface area contributed by atoms with E-state index in [1.807, 2.05) is 54.6 Å². The molecule has 144 heavy (non-hydrogen) atoms. The van der Waals surface area contributed by atoms with Gasteiger partial charge in [0.1, 0.15) is 0 Å². The summed E-state index contributed by atoms with van der Waals surface area (Å²) in [5.74, 6) is 4.43. The Labute approximate surface area is 835 Å². The van der Waals surface area contributed by atoms with E-state index in [0.717, 1.165) is 94.6 Å². The Balaban J connectivity index is 0.000000110. The van der Waals surface area contributed by atoms with Crippen LogP contribution in [0.1, 0.15) is 74.9 Å². The molecule has 0 N–H and O–H groups in total. The lowest BCUT2D eigenvalue weighted by atomic mass is 9.82. The van der Waals surface area contributed by atoms with Gasteiger partial charge < -0.3 is 0 Å². The van der Waals surface area contributed by atoms with Gasteiger partial charge >= 0.3 is 0 Å². The van der Waals surface area contributed by atoms with Crippen LogP contribution in [0.5, 0.6) is 0 Å². The number of nitrogens with zero attached hydrogens (tertiary/aromatic N) is 11. The number of aromatic nitrogens is 11. The molecule has 0 atom stereocenters. The zero-order valence-corrected chi connectivity index (χ0v) is 80.4. The molecule has 0 aliphatic heterocycles.